The number of aryl methyl sites for hydroxylation is 2. The van der Waals surface area contributed by atoms with Crippen LogP contribution in [0.1, 0.15) is 18.5 Å². The third-order valence-electron chi connectivity index (χ3n) is 6.28. The fourth-order valence-electron chi connectivity index (χ4n) is 4.74. The Kier molecular flexibility index (Phi) is 6.01. The highest BCUT2D eigenvalue weighted by molar-refractivity contribution is 6.30. The molecule has 1 saturated heterocycles. The van der Waals surface area contributed by atoms with Crippen molar-refractivity contribution in [1.82, 2.24) is 24.7 Å². The number of piperidine rings is 1. The third kappa shape index (κ3) is 4.57. The molecule has 2 fully saturated rings. The van der Waals surface area contributed by atoms with Gasteiger partial charge in [-0.05, 0) is 43.7 Å². The number of nitrogens with zero attached hydrogens (tertiary/aromatic N) is 6. The van der Waals surface area contributed by atoms with Crippen LogP contribution >= 0.6 is 11.6 Å². The predicted molar refractivity (Wildman–Crippen MR) is 120 cm³/mol. The number of alkyl halides is 1. The molecule has 3 heterocycles. The van der Waals surface area contributed by atoms with Gasteiger partial charge in [-0.1, -0.05) is 11.6 Å². The molecule has 8 nitrogen and oxygen atoms in total. The molecule has 5 rings (SSSR count). The Morgan fingerprint density at radius 3 is 2.67 bits per heavy atom. The van der Waals surface area contributed by atoms with Crippen molar-refractivity contribution in [2.75, 3.05) is 30.0 Å². The average Bonchev–Trinajstić information content (AvgIpc) is 3.26. The van der Waals surface area contributed by atoms with Crippen molar-refractivity contribution < 1.29 is 13.5 Å². The molecule has 1 N–H and O–H groups in total. The molecule has 0 spiro atoms. The molecule has 2 bridgehead atoms. The minimum Gasteiger partial charge on any atom is -0.424 e. The molecule has 1 aromatic carbocycles. The summed E-state index contributed by atoms with van der Waals surface area (Å²) in [6.07, 6.45) is 3.81. The lowest BCUT2D eigenvalue weighted by atomic mass is 9.92. The van der Waals surface area contributed by atoms with Crippen molar-refractivity contribution in [3.63, 3.8) is 0 Å². The van der Waals surface area contributed by atoms with Crippen molar-refractivity contribution in [3.8, 4) is 11.8 Å². The monoisotopic (exact) mass is 475 g/mol. The van der Waals surface area contributed by atoms with Gasteiger partial charge in [-0.3, -0.25) is 0 Å². The van der Waals surface area contributed by atoms with Crippen LogP contribution in [0.15, 0.2) is 30.6 Å². The number of benzene rings is 1. The molecule has 0 amide bonds. The van der Waals surface area contributed by atoms with Crippen LogP contribution in [0.5, 0.6) is 11.8 Å². The molecular formula is C22H24ClF2N7O. The smallest absolute Gasteiger partial charge is 0.322 e. The normalized spacial score (nSPS) is 21.9. The summed E-state index contributed by atoms with van der Waals surface area (Å²) in [5, 5.41) is 7.80. The molecule has 3 aromatic rings. The number of rotatable bonds is 7. The number of fused-ring (bicyclic) bond motifs is 2. The lowest BCUT2D eigenvalue weighted by molar-refractivity contribution is 0.362. The topological polar surface area (TPSA) is 81.0 Å². The first-order chi connectivity index (χ1) is 16.0. The lowest BCUT2D eigenvalue weighted by Gasteiger charge is -2.38. The van der Waals surface area contributed by atoms with E-state index in [0.717, 1.165) is 37.4 Å². The van der Waals surface area contributed by atoms with E-state index in [0.29, 0.717) is 23.5 Å². The van der Waals surface area contributed by atoms with Gasteiger partial charge in [0.25, 0.3) is 0 Å². The van der Waals surface area contributed by atoms with Crippen molar-refractivity contribution in [3.05, 3.63) is 47.1 Å². The molecule has 33 heavy (non-hydrogen) atoms. The zero-order chi connectivity index (χ0) is 22.9. The number of hydrogen-bond donors (Lipinski definition) is 1. The maximum absolute atomic E-state index is 13.4. The fourth-order valence-corrected chi connectivity index (χ4v) is 4.91. The highest BCUT2D eigenvalue weighted by atomic mass is 35.5. The quantitative estimate of drug-likeness (QED) is 0.547. The molecule has 1 aliphatic carbocycles. The molecule has 3 atom stereocenters. The molecule has 0 radical (unpaired) electrons. The van der Waals surface area contributed by atoms with Gasteiger partial charge in [-0.25, -0.2) is 23.4 Å². The van der Waals surface area contributed by atoms with Gasteiger partial charge >= 0.3 is 6.01 Å². The van der Waals surface area contributed by atoms with E-state index in [2.05, 4.69) is 30.3 Å². The molecular weight excluding hydrogens is 452 g/mol. The van der Waals surface area contributed by atoms with E-state index in [9.17, 15) is 8.78 Å². The second-order valence-corrected chi connectivity index (χ2v) is 8.91. The van der Waals surface area contributed by atoms with Gasteiger partial charge in [0.15, 0.2) is 0 Å². The van der Waals surface area contributed by atoms with Crippen LogP contribution in [0.3, 0.4) is 0 Å². The van der Waals surface area contributed by atoms with Crippen LogP contribution in [-0.4, -0.2) is 50.5 Å². The Labute approximate surface area is 195 Å². The average molecular weight is 476 g/mol. The van der Waals surface area contributed by atoms with Gasteiger partial charge in [0.2, 0.25) is 5.95 Å². The SMILES string of the molecule is Cc1cc(N2C[C@H]3CC[C@@H](C2)[C@H]3Nc2nc(Oc3ccc(F)c(Cl)c3)n(CCF)n2)ncn1. The first-order valence-corrected chi connectivity index (χ1v) is 11.3. The number of nitrogens with one attached hydrogen (secondary N) is 1. The van der Waals surface area contributed by atoms with Crippen molar-refractivity contribution in [2.24, 2.45) is 11.8 Å². The molecule has 2 aliphatic rings. The highest BCUT2D eigenvalue weighted by Gasteiger charge is 2.43. The Balaban J connectivity index is 1.31. The summed E-state index contributed by atoms with van der Waals surface area (Å²) in [4.78, 5) is 15.4. The predicted octanol–water partition coefficient (Wildman–Crippen LogP) is 4.26. The van der Waals surface area contributed by atoms with Crippen molar-refractivity contribution >= 4 is 23.4 Å². The van der Waals surface area contributed by atoms with Gasteiger partial charge in [0, 0.05) is 37.0 Å². The minimum atomic E-state index is -0.620. The Morgan fingerprint density at radius 1 is 1.18 bits per heavy atom. The van der Waals surface area contributed by atoms with E-state index in [4.69, 9.17) is 16.3 Å². The van der Waals surface area contributed by atoms with Crippen LogP contribution in [0.25, 0.3) is 0 Å². The number of aromatic nitrogens is 5. The second-order valence-electron chi connectivity index (χ2n) is 8.50. The van der Waals surface area contributed by atoms with E-state index in [1.807, 2.05) is 13.0 Å². The Bertz CT molecular complexity index is 1130. The number of hydrogen-bond acceptors (Lipinski definition) is 7. The number of anilines is 2. The summed E-state index contributed by atoms with van der Waals surface area (Å²) in [5.74, 6) is 1.92. The molecule has 1 aliphatic heterocycles. The van der Waals surface area contributed by atoms with Crippen LogP contribution in [0.2, 0.25) is 5.02 Å². The lowest BCUT2D eigenvalue weighted by Crippen LogP contribution is -2.48. The van der Waals surface area contributed by atoms with E-state index in [-0.39, 0.29) is 23.6 Å². The van der Waals surface area contributed by atoms with Crippen LogP contribution < -0.4 is 15.0 Å². The summed E-state index contributed by atoms with van der Waals surface area (Å²) in [6.45, 7) is 3.11. The fraction of sp³-hybridized carbons (Fsp3) is 0.455. The molecule has 1 saturated carbocycles. The van der Waals surface area contributed by atoms with Gasteiger partial charge in [0.1, 0.15) is 30.4 Å². The first kappa shape index (κ1) is 21.8. The Morgan fingerprint density at radius 2 is 1.97 bits per heavy atom. The van der Waals surface area contributed by atoms with E-state index in [1.54, 1.807) is 6.33 Å². The van der Waals surface area contributed by atoms with Crippen LogP contribution in [0, 0.1) is 24.6 Å². The maximum Gasteiger partial charge on any atom is 0.322 e. The maximum atomic E-state index is 13.4. The van der Waals surface area contributed by atoms with Gasteiger partial charge in [0.05, 0.1) is 11.6 Å². The van der Waals surface area contributed by atoms with Crippen molar-refractivity contribution in [2.45, 2.75) is 32.4 Å². The molecule has 11 heteroatoms. The van der Waals surface area contributed by atoms with E-state index >= 15 is 0 Å². The standard InChI is InChI=1S/C22H24ClF2N7O/c1-13-8-19(27-12-26-13)31-10-14-2-3-15(11-31)20(14)28-21-29-22(32(30-21)7-6-24)33-16-4-5-18(25)17(23)9-16/h4-5,8-9,12,14-15,20H,2-3,6-7,10-11H2,1H3,(H,28,30)/t14-,15+,20+. The summed E-state index contributed by atoms with van der Waals surface area (Å²) in [5.41, 5.74) is 0.949. The number of ether oxygens (including phenoxy) is 1. The molecule has 0 unspecified atom stereocenters. The molecule has 2 aromatic heterocycles. The third-order valence-corrected chi connectivity index (χ3v) is 6.57. The Hall–Kier alpha value is -3.01. The summed E-state index contributed by atoms with van der Waals surface area (Å²) >= 11 is 5.84. The summed E-state index contributed by atoms with van der Waals surface area (Å²) < 4.78 is 33.6. The van der Waals surface area contributed by atoms with E-state index < -0.39 is 12.5 Å². The summed E-state index contributed by atoms with van der Waals surface area (Å²) in [6, 6.07) is 6.34. The number of halogens is 3. The van der Waals surface area contributed by atoms with Crippen molar-refractivity contribution in [1.29, 1.82) is 0 Å². The van der Waals surface area contributed by atoms with E-state index in [1.165, 1.54) is 22.9 Å². The summed E-state index contributed by atoms with van der Waals surface area (Å²) in [7, 11) is 0. The van der Waals surface area contributed by atoms with Gasteiger partial charge < -0.3 is 15.0 Å². The first-order valence-electron chi connectivity index (χ1n) is 10.9. The minimum absolute atomic E-state index is 0.00267. The van der Waals surface area contributed by atoms with Gasteiger partial charge in [-0.15, -0.1) is 5.10 Å². The van der Waals surface area contributed by atoms with Gasteiger partial charge in [-0.2, -0.15) is 4.98 Å². The second kappa shape index (κ2) is 9.09. The zero-order valence-corrected chi connectivity index (χ0v) is 18.8. The highest BCUT2D eigenvalue weighted by Crippen LogP contribution is 2.40. The molecule has 174 valence electrons. The largest absolute Gasteiger partial charge is 0.424 e. The zero-order valence-electron chi connectivity index (χ0n) is 18.1. The van der Waals surface area contributed by atoms with Crippen LogP contribution in [0.4, 0.5) is 20.5 Å². The van der Waals surface area contributed by atoms with Crippen LogP contribution in [-0.2, 0) is 6.54 Å².